The van der Waals surface area contributed by atoms with Crippen molar-refractivity contribution in [3.05, 3.63) is 40.4 Å². The highest BCUT2D eigenvalue weighted by atomic mass is 35.5. The van der Waals surface area contributed by atoms with E-state index < -0.39 is 0 Å². The number of benzene rings is 1. The Labute approximate surface area is 117 Å². The number of likely N-dealkylation sites (N-methyl/N-ethyl adjacent to an activating group) is 1. The molecule has 19 heavy (non-hydrogen) atoms. The van der Waals surface area contributed by atoms with E-state index in [1.807, 2.05) is 26.0 Å². The number of aryl methyl sites for hydroxylation is 1. The predicted octanol–water partition coefficient (Wildman–Crippen LogP) is 1.91. The normalized spacial score (nSPS) is 10.5. The van der Waals surface area contributed by atoms with Gasteiger partial charge < -0.3 is 10.6 Å². The molecule has 0 fully saturated rings. The number of amides is 2. The van der Waals surface area contributed by atoms with Crippen LogP contribution < -0.4 is 10.6 Å². The molecule has 1 rings (SSSR count). The van der Waals surface area contributed by atoms with E-state index in [1.165, 1.54) is 6.08 Å². The molecule has 0 unspecified atom stereocenters. The van der Waals surface area contributed by atoms with E-state index >= 15 is 0 Å². The molecule has 0 atom stereocenters. The van der Waals surface area contributed by atoms with Gasteiger partial charge in [-0.1, -0.05) is 23.7 Å². The topological polar surface area (TPSA) is 58.2 Å². The summed E-state index contributed by atoms with van der Waals surface area (Å²) in [5.41, 5.74) is 1.82. The van der Waals surface area contributed by atoms with Crippen LogP contribution in [0.5, 0.6) is 0 Å². The van der Waals surface area contributed by atoms with Crippen molar-refractivity contribution in [1.29, 1.82) is 0 Å². The Morgan fingerprint density at radius 3 is 2.68 bits per heavy atom. The Morgan fingerprint density at radius 2 is 2.05 bits per heavy atom. The molecule has 2 amide bonds. The molecule has 0 bridgehead atoms. The summed E-state index contributed by atoms with van der Waals surface area (Å²) in [5.74, 6) is -0.523. The lowest BCUT2D eigenvalue weighted by molar-refractivity contribution is -0.123. The molecule has 0 spiro atoms. The van der Waals surface area contributed by atoms with Gasteiger partial charge in [-0.3, -0.25) is 9.59 Å². The van der Waals surface area contributed by atoms with Crippen molar-refractivity contribution in [2.24, 2.45) is 0 Å². The van der Waals surface area contributed by atoms with Crippen LogP contribution in [0.2, 0.25) is 5.02 Å². The van der Waals surface area contributed by atoms with E-state index in [9.17, 15) is 9.59 Å². The number of carbonyl (C=O) groups excluding carboxylic acids is 2. The third-order valence-corrected chi connectivity index (χ3v) is 2.83. The molecule has 0 aromatic heterocycles. The van der Waals surface area contributed by atoms with Gasteiger partial charge in [0.1, 0.15) is 0 Å². The van der Waals surface area contributed by atoms with Crippen LogP contribution in [0.15, 0.2) is 24.3 Å². The molecule has 0 aliphatic heterocycles. The number of hydrogen-bond donors (Lipinski definition) is 2. The maximum atomic E-state index is 11.5. The molecule has 0 aliphatic rings. The van der Waals surface area contributed by atoms with Crippen LogP contribution in [-0.4, -0.2) is 24.9 Å². The fourth-order valence-corrected chi connectivity index (χ4v) is 1.56. The summed E-state index contributed by atoms with van der Waals surface area (Å²) >= 11 is 5.98. The van der Waals surface area contributed by atoms with Gasteiger partial charge in [-0.25, -0.2) is 0 Å². The molecular weight excluding hydrogens is 264 g/mol. The van der Waals surface area contributed by atoms with E-state index in [-0.39, 0.29) is 18.4 Å². The van der Waals surface area contributed by atoms with Crippen LogP contribution in [0.1, 0.15) is 18.1 Å². The monoisotopic (exact) mass is 280 g/mol. The van der Waals surface area contributed by atoms with E-state index in [2.05, 4.69) is 10.6 Å². The standard InChI is InChI=1S/C14H17ClN2O2/c1-3-16-14(19)9-17-13(18)7-6-11-5-4-10(2)12(15)8-11/h4-8H,3,9H2,1-2H3,(H,16,19)(H,17,18). The molecule has 4 nitrogen and oxygen atoms in total. The van der Waals surface area contributed by atoms with Gasteiger partial charge in [0.15, 0.2) is 0 Å². The molecule has 5 heteroatoms. The smallest absolute Gasteiger partial charge is 0.244 e. The van der Waals surface area contributed by atoms with Crippen LogP contribution >= 0.6 is 11.6 Å². The van der Waals surface area contributed by atoms with Crippen molar-refractivity contribution in [3.8, 4) is 0 Å². The fraction of sp³-hybridized carbons (Fsp3) is 0.286. The van der Waals surface area contributed by atoms with Gasteiger partial charge in [-0.15, -0.1) is 0 Å². The molecule has 2 N–H and O–H groups in total. The Morgan fingerprint density at radius 1 is 1.32 bits per heavy atom. The highest BCUT2D eigenvalue weighted by Gasteiger charge is 2.01. The highest BCUT2D eigenvalue weighted by Crippen LogP contribution is 2.17. The summed E-state index contributed by atoms with van der Waals surface area (Å²) < 4.78 is 0. The second-order valence-electron chi connectivity index (χ2n) is 4.01. The predicted molar refractivity (Wildman–Crippen MR) is 76.9 cm³/mol. The summed E-state index contributed by atoms with van der Waals surface area (Å²) in [6.45, 7) is 4.26. The van der Waals surface area contributed by atoms with Crippen molar-refractivity contribution in [1.82, 2.24) is 10.6 Å². The molecule has 1 aromatic rings. The summed E-state index contributed by atoms with van der Waals surface area (Å²) in [6.07, 6.45) is 3.03. The first-order valence-corrected chi connectivity index (χ1v) is 6.39. The summed E-state index contributed by atoms with van der Waals surface area (Å²) in [4.78, 5) is 22.6. The molecule has 0 saturated heterocycles. The zero-order chi connectivity index (χ0) is 14.3. The highest BCUT2D eigenvalue weighted by molar-refractivity contribution is 6.31. The number of rotatable bonds is 5. The molecule has 0 radical (unpaired) electrons. The summed E-state index contributed by atoms with van der Waals surface area (Å²) in [5, 5.41) is 5.74. The number of nitrogens with one attached hydrogen (secondary N) is 2. The average Bonchev–Trinajstić information content (AvgIpc) is 2.38. The molecule has 0 saturated carbocycles. The Hall–Kier alpha value is -1.81. The minimum Gasteiger partial charge on any atom is -0.355 e. The molecule has 102 valence electrons. The van der Waals surface area contributed by atoms with Crippen molar-refractivity contribution < 1.29 is 9.59 Å². The lowest BCUT2D eigenvalue weighted by Crippen LogP contribution is -2.35. The zero-order valence-corrected chi connectivity index (χ0v) is 11.8. The van der Waals surface area contributed by atoms with E-state index in [1.54, 1.807) is 12.1 Å². The Kier molecular flexibility index (Phi) is 6.09. The van der Waals surface area contributed by atoms with E-state index in [4.69, 9.17) is 11.6 Å². The van der Waals surface area contributed by atoms with Crippen molar-refractivity contribution in [2.45, 2.75) is 13.8 Å². The second kappa shape index (κ2) is 7.59. The molecule has 0 aliphatic carbocycles. The van der Waals surface area contributed by atoms with Gasteiger partial charge >= 0.3 is 0 Å². The minimum atomic E-state index is -0.317. The van der Waals surface area contributed by atoms with Crippen LogP contribution in [0, 0.1) is 6.92 Å². The molecule has 0 heterocycles. The lowest BCUT2D eigenvalue weighted by Gasteiger charge is -2.02. The van der Waals surface area contributed by atoms with Gasteiger partial charge in [0.25, 0.3) is 0 Å². The quantitative estimate of drug-likeness (QED) is 0.810. The van der Waals surface area contributed by atoms with Crippen molar-refractivity contribution >= 4 is 29.5 Å². The van der Waals surface area contributed by atoms with Gasteiger partial charge in [0.2, 0.25) is 11.8 Å². The molecular formula is C14H17ClN2O2. The minimum absolute atomic E-state index is 0.0222. The first-order valence-electron chi connectivity index (χ1n) is 6.01. The van der Waals surface area contributed by atoms with E-state index in [0.717, 1.165) is 11.1 Å². The fourth-order valence-electron chi connectivity index (χ4n) is 1.37. The van der Waals surface area contributed by atoms with Gasteiger partial charge in [0, 0.05) is 17.6 Å². The maximum absolute atomic E-state index is 11.5. The largest absolute Gasteiger partial charge is 0.355 e. The van der Waals surface area contributed by atoms with Gasteiger partial charge in [-0.2, -0.15) is 0 Å². The van der Waals surface area contributed by atoms with Gasteiger partial charge in [-0.05, 0) is 37.1 Å². The summed E-state index contributed by atoms with van der Waals surface area (Å²) in [6, 6.07) is 5.54. The van der Waals surface area contributed by atoms with Crippen LogP contribution in [-0.2, 0) is 9.59 Å². The van der Waals surface area contributed by atoms with Crippen LogP contribution in [0.3, 0.4) is 0 Å². The third kappa shape index (κ3) is 5.57. The van der Waals surface area contributed by atoms with E-state index in [0.29, 0.717) is 11.6 Å². The third-order valence-electron chi connectivity index (χ3n) is 2.42. The lowest BCUT2D eigenvalue weighted by atomic mass is 10.1. The maximum Gasteiger partial charge on any atom is 0.244 e. The number of halogens is 1. The number of hydrogen-bond acceptors (Lipinski definition) is 2. The first-order chi connectivity index (χ1) is 9.02. The SMILES string of the molecule is CCNC(=O)CNC(=O)C=Cc1ccc(C)c(Cl)c1. The first kappa shape index (κ1) is 15.2. The zero-order valence-electron chi connectivity index (χ0n) is 11.0. The summed E-state index contributed by atoms with van der Waals surface area (Å²) in [7, 11) is 0. The van der Waals surface area contributed by atoms with Crippen molar-refractivity contribution in [3.63, 3.8) is 0 Å². The Balaban J connectivity index is 2.49. The molecule has 1 aromatic carbocycles. The van der Waals surface area contributed by atoms with Crippen molar-refractivity contribution in [2.75, 3.05) is 13.1 Å². The Bertz CT molecular complexity index is 498. The second-order valence-corrected chi connectivity index (χ2v) is 4.42. The average molecular weight is 281 g/mol. The van der Waals surface area contributed by atoms with Crippen LogP contribution in [0.25, 0.3) is 6.08 Å². The number of carbonyl (C=O) groups is 2. The van der Waals surface area contributed by atoms with Crippen LogP contribution in [0.4, 0.5) is 0 Å². The van der Waals surface area contributed by atoms with Gasteiger partial charge in [0.05, 0.1) is 6.54 Å².